The van der Waals surface area contributed by atoms with Gasteiger partial charge in [-0.15, -0.1) is 35.3 Å². The molecule has 0 radical (unpaired) electrons. The van der Waals surface area contributed by atoms with Crippen LogP contribution < -0.4 is 10.6 Å². The summed E-state index contributed by atoms with van der Waals surface area (Å²) in [6, 6.07) is 20.0. The number of aliphatic hydroxyl groups is 1. The van der Waals surface area contributed by atoms with Gasteiger partial charge >= 0.3 is 0 Å². The average Bonchev–Trinajstić information content (AvgIpc) is 3.17. The summed E-state index contributed by atoms with van der Waals surface area (Å²) in [5.41, 5.74) is 1.08. The van der Waals surface area contributed by atoms with Crippen LogP contribution >= 0.6 is 35.3 Å². The maximum atomic E-state index is 12.3. The van der Waals surface area contributed by atoms with Gasteiger partial charge in [0.15, 0.2) is 5.96 Å². The Bertz CT molecular complexity index is 930. The Labute approximate surface area is 201 Å². The molecule has 2 atom stereocenters. The van der Waals surface area contributed by atoms with Crippen molar-refractivity contribution in [3.8, 4) is 0 Å². The molecule has 2 unspecified atom stereocenters. The van der Waals surface area contributed by atoms with Gasteiger partial charge in [-0.2, -0.15) is 0 Å². The van der Waals surface area contributed by atoms with Crippen LogP contribution in [0.4, 0.5) is 0 Å². The number of halogens is 1. The molecular weight excluding hydrogens is 529 g/mol. The summed E-state index contributed by atoms with van der Waals surface area (Å²) in [6.07, 6.45) is -0.643. The van der Waals surface area contributed by atoms with E-state index in [1.165, 1.54) is 0 Å². The Morgan fingerprint density at radius 1 is 1.13 bits per heavy atom. The summed E-state index contributed by atoms with van der Waals surface area (Å²) in [7, 11) is -0.936. The van der Waals surface area contributed by atoms with E-state index >= 15 is 0 Å². The van der Waals surface area contributed by atoms with Crippen molar-refractivity contribution < 1.29 is 9.32 Å². The Kier molecular flexibility index (Phi) is 10.8. The van der Waals surface area contributed by atoms with E-state index in [0.717, 1.165) is 27.1 Å². The number of benzene rings is 2. The van der Waals surface area contributed by atoms with E-state index in [9.17, 15) is 9.32 Å². The standard InChI is InChI=1S/C22H27N3O2S2.HI/c1-2-23-22(24-12-13-29(27)16-17-8-4-3-5-9-17)25-15-19(26)21-14-18-10-6-7-11-20(18)28-21;/h3-11,14,19,26H,2,12-13,15-16H2,1H3,(H2,23,24,25);1H. The minimum atomic E-state index is -0.936. The Hall–Kier alpha value is -1.49. The van der Waals surface area contributed by atoms with Gasteiger partial charge in [-0.05, 0) is 30.0 Å². The molecule has 0 amide bonds. The predicted octanol–water partition coefficient (Wildman–Crippen LogP) is 4.06. The molecule has 1 aromatic heterocycles. The van der Waals surface area contributed by atoms with Gasteiger partial charge in [0.05, 0.1) is 6.54 Å². The van der Waals surface area contributed by atoms with E-state index in [0.29, 0.717) is 24.0 Å². The number of nitrogens with one attached hydrogen (secondary N) is 2. The van der Waals surface area contributed by atoms with Crippen LogP contribution in [-0.2, 0) is 16.6 Å². The van der Waals surface area contributed by atoms with Crippen LogP contribution in [0.15, 0.2) is 65.7 Å². The van der Waals surface area contributed by atoms with E-state index < -0.39 is 16.9 Å². The van der Waals surface area contributed by atoms with Crippen molar-refractivity contribution in [3.05, 3.63) is 71.1 Å². The fourth-order valence-corrected chi connectivity index (χ4v) is 4.97. The Balaban J connectivity index is 0.00000320. The topological polar surface area (TPSA) is 73.7 Å². The molecule has 0 aliphatic heterocycles. The lowest BCUT2D eigenvalue weighted by molar-refractivity contribution is 0.191. The fraction of sp³-hybridized carbons (Fsp3) is 0.318. The number of aliphatic hydroxyl groups excluding tert-OH is 1. The van der Waals surface area contributed by atoms with E-state index in [2.05, 4.69) is 21.7 Å². The molecule has 1 heterocycles. The van der Waals surface area contributed by atoms with Crippen LogP contribution in [0.5, 0.6) is 0 Å². The summed E-state index contributed by atoms with van der Waals surface area (Å²) >= 11 is 1.59. The molecule has 30 heavy (non-hydrogen) atoms. The number of guanidine groups is 1. The first-order valence-corrected chi connectivity index (χ1v) is 12.0. The van der Waals surface area contributed by atoms with Gasteiger partial charge in [-0.25, -0.2) is 0 Å². The highest BCUT2D eigenvalue weighted by Gasteiger charge is 2.11. The maximum absolute atomic E-state index is 12.3. The Morgan fingerprint density at radius 3 is 2.60 bits per heavy atom. The monoisotopic (exact) mass is 557 g/mol. The van der Waals surface area contributed by atoms with Crippen LogP contribution in [0, 0.1) is 0 Å². The van der Waals surface area contributed by atoms with Crippen LogP contribution in [0.1, 0.15) is 23.5 Å². The summed E-state index contributed by atoms with van der Waals surface area (Å²) in [6.45, 7) is 3.55. The summed E-state index contributed by atoms with van der Waals surface area (Å²) < 4.78 is 13.4. The number of nitrogens with zero attached hydrogens (tertiary/aromatic N) is 1. The van der Waals surface area contributed by atoms with Crippen molar-refractivity contribution in [3.63, 3.8) is 0 Å². The predicted molar refractivity (Wildman–Crippen MR) is 139 cm³/mol. The third-order valence-electron chi connectivity index (χ3n) is 4.33. The van der Waals surface area contributed by atoms with Gasteiger partial charge in [0.1, 0.15) is 6.10 Å². The average molecular weight is 558 g/mol. The van der Waals surface area contributed by atoms with Gasteiger partial charge in [0, 0.05) is 45.0 Å². The molecule has 3 N–H and O–H groups in total. The first-order chi connectivity index (χ1) is 14.2. The molecule has 0 spiro atoms. The number of rotatable bonds is 9. The molecule has 0 fully saturated rings. The lowest BCUT2D eigenvalue weighted by Crippen LogP contribution is -2.39. The SMILES string of the molecule is CCNC(=NCC(O)c1cc2ccccc2s1)NCCS(=O)Cc1ccccc1.I. The highest BCUT2D eigenvalue weighted by Crippen LogP contribution is 2.29. The number of aliphatic imine (C=N–C) groups is 1. The van der Waals surface area contributed by atoms with Crippen LogP contribution in [-0.4, -0.2) is 40.7 Å². The quantitative estimate of drug-likeness (QED) is 0.211. The van der Waals surface area contributed by atoms with Crippen molar-refractivity contribution in [1.82, 2.24) is 10.6 Å². The number of hydrogen-bond acceptors (Lipinski definition) is 4. The third kappa shape index (κ3) is 7.64. The summed E-state index contributed by atoms with van der Waals surface area (Å²) in [5, 5.41) is 18.0. The van der Waals surface area contributed by atoms with Gasteiger partial charge < -0.3 is 15.7 Å². The van der Waals surface area contributed by atoms with Crippen LogP contribution in [0.2, 0.25) is 0 Å². The molecular formula is C22H28IN3O2S2. The van der Waals surface area contributed by atoms with Gasteiger partial charge in [0.2, 0.25) is 0 Å². The Morgan fingerprint density at radius 2 is 1.87 bits per heavy atom. The van der Waals surface area contributed by atoms with E-state index in [1.54, 1.807) is 11.3 Å². The number of thiophene rings is 1. The van der Waals surface area contributed by atoms with E-state index in [1.807, 2.05) is 61.5 Å². The van der Waals surface area contributed by atoms with Gasteiger partial charge in [-0.3, -0.25) is 9.20 Å². The van der Waals surface area contributed by atoms with Gasteiger partial charge in [0.25, 0.3) is 0 Å². The molecule has 3 rings (SSSR count). The van der Waals surface area contributed by atoms with Crippen molar-refractivity contribution >= 4 is 62.2 Å². The molecule has 162 valence electrons. The minimum Gasteiger partial charge on any atom is -0.386 e. The smallest absolute Gasteiger partial charge is 0.191 e. The van der Waals surface area contributed by atoms with Crippen molar-refractivity contribution in [2.75, 3.05) is 25.4 Å². The lowest BCUT2D eigenvalue weighted by Gasteiger charge is -2.12. The van der Waals surface area contributed by atoms with Crippen LogP contribution in [0.3, 0.4) is 0 Å². The summed E-state index contributed by atoms with van der Waals surface area (Å²) in [5.74, 6) is 1.73. The summed E-state index contributed by atoms with van der Waals surface area (Å²) in [4.78, 5) is 5.40. The number of fused-ring (bicyclic) bond motifs is 1. The van der Waals surface area contributed by atoms with E-state index in [4.69, 9.17) is 0 Å². The molecule has 0 saturated heterocycles. The minimum absolute atomic E-state index is 0. The third-order valence-corrected chi connectivity index (χ3v) is 6.86. The second kappa shape index (κ2) is 13.0. The molecule has 3 aromatic rings. The van der Waals surface area contributed by atoms with Crippen molar-refractivity contribution in [1.29, 1.82) is 0 Å². The first kappa shape index (κ1) is 24.8. The van der Waals surface area contributed by atoms with Crippen molar-refractivity contribution in [2.45, 2.75) is 18.8 Å². The highest BCUT2D eigenvalue weighted by molar-refractivity contribution is 14.0. The molecule has 0 aliphatic carbocycles. The fourth-order valence-electron chi connectivity index (χ4n) is 2.89. The van der Waals surface area contributed by atoms with Gasteiger partial charge in [-0.1, -0.05) is 48.5 Å². The molecule has 0 aliphatic rings. The van der Waals surface area contributed by atoms with Crippen molar-refractivity contribution in [2.24, 2.45) is 4.99 Å². The normalized spacial score (nSPS) is 13.5. The second-order valence-corrected chi connectivity index (χ2v) is 9.31. The zero-order valence-corrected chi connectivity index (χ0v) is 20.9. The molecule has 2 aromatic carbocycles. The van der Waals surface area contributed by atoms with Crippen LogP contribution in [0.25, 0.3) is 10.1 Å². The zero-order valence-electron chi connectivity index (χ0n) is 16.9. The maximum Gasteiger partial charge on any atom is 0.191 e. The molecule has 5 nitrogen and oxygen atoms in total. The number of hydrogen-bond donors (Lipinski definition) is 3. The highest BCUT2D eigenvalue weighted by atomic mass is 127. The molecule has 0 saturated carbocycles. The van der Waals surface area contributed by atoms with E-state index in [-0.39, 0.29) is 30.5 Å². The molecule has 8 heteroatoms. The first-order valence-electron chi connectivity index (χ1n) is 9.73. The second-order valence-electron chi connectivity index (χ2n) is 6.62. The zero-order chi connectivity index (χ0) is 20.5. The lowest BCUT2D eigenvalue weighted by atomic mass is 10.2. The largest absolute Gasteiger partial charge is 0.386 e. The molecule has 0 bridgehead atoms.